The van der Waals surface area contributed by atoms with Gasteiger partial charge in [-0.2, -0.15) is 0 Å². The van der Waals surface area contributed by atoms with E-state index in [9.17, 15) is 0 Å². The Balaban J connectivity index is 1.12. The highest BCUT2D eigenvalue weighted by Crippen LogP contribution is 2.61. The zero-order valence-corrected chi connectivity index (χ0v) is 32.4. The average molecular weight is 757 g/mol. The van der Waals surface area contributed by atoms with Gasteiger partial charge in [-0.1, -0.05) is 169 Å². The zero-order valence-electron chi connectivity index (χ0n) is 31.6. The summed E-state index contributed by atoms with van der Waals surface area (Å²) in [6.45, 7) is 0. The fourth-order valence-corrected chi connectivity index (χ4v) is 10.9. The molecule has 9 aromatic carbocycles. The summed E-state index contributed by atoms with van der Waals surface area (Å²) in [4.78, 5) is 5.00. The molecule has 0 radical (unpaired) electrons. The molecule has 0 aliphatic carbocycles. The first-order chi connectivity index (χ1) is 28.8. The quantitative estimate of drug-likeness (QED) is 0.173. The van der Waals surface area contributed by atoms with Crippen LogP contribution in [0, 0.1) is 0 Å². The Hall–Kier alpha value is -7.07. The van der Waals surface area contributed by atoms with Crippen LogP contribution in [0.2, 0.25) is 0 Å². The summed E-state index contributed by atoms with van der Waals surface area (Å²) in [6, 6.07) is 80.5. The van der Waals surface area contributed by atoms with Crippen molar-refractivity contribution in [3.8, 4) is 27.9 Å². The van der Waals surface area contributed by atoms with E-state index >= 15 is 0 Å². The number of hydrogen-bond acceptors (Lipinski definition) is 2. The number of anilines is 3. The molecule has 0 amide bonds. The van der Waals surface area contributed by atoms with Crippen LogP contribution in [0.5, 0.6) is 0 Å². The third-order valence-corrected chi connectivity index (χ3v) is 13.4. The van der Waals surface area contributed by atoms with Crippen LogP contribution in [0.1, 0.15) is 22.3 Å². The van der Waals surface area contributed by atoms with E-state index in [0.29, 0.717) is 0 Å². The van der Waals surface area contributed by atoms with Gasteiger partial charge >= 0.3 is 0 Å². The fraction of sp³-hybridized carbons (Fsp3) is 0.0182. The first kappa shape index (κ1) is 33.1. The van der Waals surface area contributed by atoms with Crippen LogP contribution in [-0.4, -0.2) is 4.57 Å². The van der Waals surface area contributed by atoms with E-state index in [4.69, 9.17) is 0 Å². The summed E-state index contributed by atoms with van der Waals surface area (Å²) < 4.78 is 2.52. The number of hydrogen-bond donors (Lipinski definition) is 0. The summed E-state index contributed by atoms with van der Waals surface area (Å²) in [5, 5.41) is 2.57. The van der Waals surface area contributed by atoms with Crippen LogP contribution in [-0.2, 0) is 5.41 Å². The molecular weight excluding hydrogens is 721 g/mol. The molecule has 58 heavy (non-hydrogen) atoms. The molecule has 12 rings (SSSR count). The fourth-order valence-electron chi connectivity index (χ4n) is 9.77. The van der Waals surface area contributed by atoms with Crippen LogP contribution >= 0.6 is 11.8 Å². The minimum Gasteiger partial charge on any atom is -0.310 e. The SMILES string of the molecule is c1ccc(-c2ccc(N(c3ccc(-c4ccccc4)cc3)c3ccc4c(c3)C3(c5ccccc5S4)c4ccccc4-n4c5ccccc5c5cccc3c54)cc2)cc1. The van der Waals surface area contributed by atoms with E-state index in [-0.39, 0.29) is 0 Å². The van der Waals surface area contributed by atoms with Gasteiger partial charge in [0.25, 0.3) is 0 Å². The van der Waals surface area contributed by atoms with Gasteiger partial charge in [0.2, 0.25) is 0 Å². The number of aromatic nitrogens is 1. The Morgan fingerprint density at radius 2 is 0.879 bits per heavy atom. The van der Waals surface area contributed by atoms with Gasteiger partial charge in [0.05, 0.1) is 22.1 Å². The number of nitrogens with zero attached hydrogens (tertiary/aromatic N) is 2. The molecule has 1 atom stereocenters. The summed E-state index contributed by atoms with van der Waals surface area (Å²) in [7, 11) is 0. The molecule has 2 aliphatic rings. The molecule has 0 saturated carbocycles. The lowest BCUT2D eigenvalue weighted by Crippen LogP contribution is -2.37. The van der Waals surface area contributed by atoms with Crippen molar-refractivity contribution in [1.82, 2.24) is 4.57 Å². The van der Waals surface area contributed by atoms with Crippen molar-refractivity contribution in [2.75, 3.05) is 4.90 Å². The van der Waals surface area contributed by atoms with Crippen molar-refractivity contribution < 1.29 is 0 Å². The monoisotopic (exact) mass is 756 g/mol. The molecular formula is C55H36N2S. The predicted molar refractivity (Wildman–Crippen MR) is 242 cm³/mol. The number of fused-ring (bicyclic) bond motifs is 11. The van der Waals surface area contributed by atoms with Gasteiger partial charge in [0.1, 0.15) is 0 Å². The molecule has 0 bridgehead atoms. The highest BCUT2D eigenvalue weighted by atomic mass is 32.2. The Labute approximate surface area is 342 Å². The standard InChI is InChI=1S/C55H36N2S/c1-3-14-37(15-4-1)39-26-30-41(31-27-39)56(42-32-28-40(29-33-42)38-16-5-2-6-17-38)43-34-35-53-49(36-43)55(47-21-9-12-25-52(47)58-53)46-20-8-11-24-51(46)57-50-23-10-7-18-44(50)45-19-13-22-48(55)54(45)57/h1-36H. The lowest BCUT2D eigenvalue weighted by atomic mass is 9.62. The van der Waals surface area contributed by atoms with Gasteiger partial charge < -0.3 is 9.47 Å². The lowest BCUT2D eigenvalue weighted by Gasteiger charge is -2.45. The maximum atomic E-state index is 2.52. The highest BCUT2D eigenvalue weighted by molar-refractivity contribution is 7.99. The van der Waals surface area contributed by atoms with Crippen molar-refractivity contribution in [1.29, 1.82) is 0 Å². The molecule has 0 fully saturated rings. The van der Waals surface area contributed by atoms with Crippen LogP contribution in [0.15, 0.2) is 228 Å². The van der Waals surface area contributed by atoms with Gasteiger partial charge in [-0.05, 0) is 105 Å². The van der Waals surface area contributed by atoms with E-state index in [2.05, 4.69) is 228 Å². The second-order valence-electron chi connectivity index (χ2n) is 15.3. The number of rotatable bonds is 5. The van der Waals surface area contributed by atoms with E-state index < -0.39 is 5.41 Å². The first-order valence-corrected chi connectivity index (χ1v) is 20.7. The maximum absolute atomic E-state index is 2.52. The molecule has 0 saturated heterocycles. The molecule has 1 spiro atoms. The Bertz CT molecular complexity index is 3100. The summed E-state index contributed by atoms with van der Waals surface area (Å²) >= 11 is 1.89. The normalized spacial score (nSPS) is 14.9. The second-order valence-corrected chi connectivity index (χ2v) is 16.3. The summed E-state index contributed by atoms with van der Waals surface area (Å²) in [5.74, 6) is 0. The van der Waals surface area contributed by atoms with E-state index in [0.717, 1.165) is 17.1 Å². The molecule has 1 unspecified atom stereocenters. The smallest absolute Gasteiger partial charge is 0.0765 e. The van der Waals surface area contributed by atoms with E-state index in [1.165, 1.54) is 81.8 Å². The minimum absolute atomic E-state index is 0.562. The van der Waals surface area contributed by atoms with Crippen LogP contribution in [0.4, 0.5) is 17.1 Å². The average Bonchev–Trinajstić information content (AvgIpc) is 3.64. The van der Waals surface area contributed by atoms with Crippen molar-refractivity contribution >= 4 is 50.6 Å². The molecule has 2 aliphatic heterocycles. The van der Waals surface area contributed by atoms with Crippen LogP contribution in [0.25, 0.3) is 49.7 Å². The molecule has 10 aromatic rings. The molecule has 2 nitrogen and oxygen atoms in total. The van der Waals surface area contributed by atoms with Crippen molar-refractivity contribution in [2.45, 2.75) is 15.2 Å². The molecule has 0 N–H and O–H groups in total. The van der Waals surface area contributed by atoms with Crippen LogP contribution < -0.4 is 4.90 Å². The third kappa shape index (κ3) is 4.81. The molecule has 272 valence electrons. The number of benzene rings is 9. The molecule has 3 heterocycles. The van der Waals surface area contributed by atoms with Gasteiger partial charge in [-0.25, -0.2) is 0 Å². The van der Waals surface area contributed by atoms with Gasteiger partial charge in [-0.3, -0.25) is 0 Å². The summed E-state index contributed by atoms with van der Waals surface area (Å²) in [6.07, 6.45) is 0. The number of para-hydroxylation sites is 3. The Morgan fingerprint density at radius 3 is 1.59 bits per heavy atom. The Morgan fingerprint density at radius 1 is 0.362 bits per heavy atom. The van der Waals surface area contributed by atoms with Gasteiger partial charge in [0, 0.05) is 37.6 Å². The van der Waals surface area contributed by atoms with E-state index in [1.54, 1.807) is 0 Å². The largest absolute Gasteiger partial charge is 0.310 e. The summed E-state index contributed by atoms with van der Waals surface area (Å²) in [5.41, 5.74) is 16.6. The third-order valence-electron chi connectivity index (χ3n) is 12.2. The van der Waals surface area contributed by atoms with Crippen molar-refractivity contribution in [2.24, 2.45) is 0 Å². The Kier molecular flexibility index (Phi) is 7.41. The minimum atomic E-state index is -0.562. The maximum Gasteiger partial charge on any atom is 0.0765 e. The molecule has 3 heteroatoms. The topological polar surface area (TPSA) is 8.17 Å². The van der Waals surface area contributed by atoms with Gasteiger partial charge in [-0.15, -0.1) is 0 Å². The van der Waals surface area contributed by atoms with Gasteiger partial charge in [0.15, 0.2) is 0 Å². The first-order valence-electron chi connectivity index (χ1n) is 19.9. The van der Waals surface area contributed by atoms with E-state index in [1.807, 2.05) is 11.8 Å². The van der Waals surface area contributed by atoms with Crippen molar-refractivity contribution in [3.63, 3.8) is 0 Å². The highest BCUT2D eigenvalue weighted by Gasteiger charge is 2.49. The lowest BCUT2D eigenvalue weighted by molar-refractivity contribution is 0.689. The van der Waals surface area contributed by atoms with Crippen molar-refractivity contribution in [3.05, 3.63) is 241 Å². The second kappa shape index (κ2) is 13.0. The zero-order chi connectivity index (χ0) is 38.2. The predicted octanol–water partition coefficient (Wildman–Crippen LogP) is 14.7. The van der Waals surface area contributed by atoms with Crippen LogP contribution in [0.3, 0.4) is 0 Å². The molecule has 1 aromatic heterocycles.